The highest BCUT2D eigenvalue weighted by atomic mass is 35.5. The van der Waals surface area contributed by atoms with Crippen LogP contribution in [0.2, 0.25) is 15.1 Å². The maximum Gasteiger partial charge on any atom is 0.240 e. The molecule has 0 aromatic heterocycles. The third-order valence-corrected chi connectivity index (χ3v) is 4.58. The number of sulfonamides is 1. The number of anilines is 3. The monoisotopic (exact) mass is 365 g/mol. The SMILES string of the molecule is Nc1ccc(Nc2cc(Cl)c(Cl)cc2Cl)c(S(N)(=O)=O)c1. The lowest BCUT2D eigenvalue weighted by Crippen LogP contribution is -2.14. The zero-order valence-corrected chi connectivity index (χ0v) is 13.5. The molecule has 0 atom stereocenters. The Hall–Kier alpha value is -1.18. The van der Waals surface area contributed by atoms with Crippen LogP contribution >= 0.6 is 34.8 Å². The highest BCUT2D eigenvalue weighted by Crippen LogP contribution is 2.35. The minimum absolute atomic E-state index is 0.148. The van der Waals surface area contributed by atoms with Gasteiger partial charge in [-0.05, 0) is 30.3 Å². The molecule has 2 aromatic carbocycles. The van der Waals surface area contributed by atoms with Crippen molar-refractivity contribution in [1.82, 2.24) is 0 Å². The predicted octanol–water partition coefficient (Wildman–Crippen LogP) is 3.62. The second-order valence-corrected chi connectivity index (χ2v) is 6.92. The van der Waals surface area contributed by atoms with Crippen molar-refractivity contribution in [3.63, 3.8) is 0 Å². The second kappa shape index (κ2) is 5.90. The number of benzene rings is 2. The molecule has 0 spiro atoms. The predicted molar refractivity (Wildman–Crippen MR) is 87.0 cm³/mol. The Labute approximate surface area is 136 Å². The van der Waals surface area contributed by atoms with Gasteiger partial charge in [0.1, 0.15) is 4.90 Å². The van der Waals surface area contributed by atoms with Gasteiger partial charge < -0.3 is 11.1 Å². The van der Waals surface area contributed by atoms with E-state index in [1.54, 1.807) is 0 Å². The molecule has 0 radical (unpaired) electrons. The zero-order chi connectivity index (χ0) is 15.8. The van der Waals surface area contributed by atoms with Crippen molar-refractivity contribution >= 4 is 61.9 Å². The molecule has 0 aliphatic heterocycles. The largest absolute Gasteiger partial charge is 0.399 e. The number of nitrogens with two attached hydrogens (primary N) is 2. The van der Waals surface area contributed by atoms with Crippen LogP contribution < -0.4 is 16.2 Å². The molecule has 5 nitrogen and oxygen atoms in total. The van der Waals surface area contributed by atoms with Gasteiger partial charge in [0.05, 0.1) is 26.4 Å². The van der Waals surface area contributed by atoms with Crippen LogP contribution in [0.4, 0.5) is 17.1 Å². The van der Waals surface area contributed by atoms with Gasteiger partial charge in [-0.1, -0.05) is 34.8 Å². The second-order valence-electron chi connectivity index (χ2n) is 4.17. The fourth-order valence-corrected chi connectivity index (χ4v) is 2.96. The normalized spacial score (nSPS) is 11.4. The smallest absolute Gasteiger partial charge is 0.240 e. The van der Waals surface area contributed by atoms with E-state index < -0.39 is 10.0 Å². The summed E-state index contributed by atoms with van der Waals surface area (Å²) in [6.45, 7) is 0. The first-order valence-corrected chi connectivity index (χ1v) is 8.20. The summed E-state index contributed by atoms with van der Waals surface area (Å²) in [5.74, 6) is 0. The van der Waals surface area contributed by atoms with Crippen molar-refractivity contribution in [3.8, 4) is 0 Å². The summed E-state index contributed by atoms with van der Waals surface area (Å²) in [6.07, 6.45) is 0. The van der Waals surface area contributed by atoms with Gasteiger partial charge in [-0.2, -0.15) is 0 Å². The summed E-state index contributed by atoms with van der Waals surface area (Å²) in [6, 6.07) is 7.19. The first kappa shape index (κ1) is 16.2. The molecule has 9 heteroatoms. The number of nitrogens with one attached hydrogen (secondary N) is 1. The minimum Gasteiger partial charge on any atom is -0.399 e. The Kier molecular flexibility index (Phi) is 4.55. The van der Waals surface area contributed by atoms with Crippen LogP contribution in [0.1, 0.15) is 0 Å². The van der Waals surface area contributed by atoms with E-state index in [0.29, 0.717) is 5.69 Å². The van der Waals surface area contributed by atoms with Crippen LogP contribution in [0, 0.1) is 0 Å². The molecular weight excluding hydrogens is 357 g/mol. The average Bonchev–Trinajstić information content (AvgIpc) is 2.36. The van der Waals surface area contributed by atoms with Crippen molar-refractivity contribution in [2.75, 3.05) is 11.1 Å². The molecule has 0 aliphatic rings. The molecule has 0 fully saturated rings. The molecular formula is C12H10Cl3N3O2S. The van der Waals surface area contributed by atoms with Crippen LogP contribution in [0.25, 0.3) is 0 Å². The quantitative estimate of drug-likeness (QED) is 0.570. The molecule has 0 aliphatic carbocycles. The average molecular weight is 367 g/mol. The molecule has 0 amide bonds. The van der Waals surface area contributed by atoms with Crippen LogP contribution in [0.15, 0.2) is 35.2 Å². The summed E-state index contributed by atoms with van der Waals surface area (Å²) >= 11 is 17.8. The van der Waals surface area contributed by atoms with E-state index in [1.807, 2.05) is 0 Å². The van der Waals surface area contributed by atoms with Gasteiger partial charge >= 0.3 is 0 Å². The molecule has 2 aromatic rings. The van der Waals surface area contributed by atoms with Gasteiger partial charge in [0, 0.05) is 5.69 Å². The van der Waals surface area contributed by atoms with Gasteiger partial charge in [-0.15, -0.1) is 0 Å². The fraction of sp³-hybridized carbons (Fsp3) is 0. The van der Waals surface area contributed by atoms with Gasteiger partial charge in [-0.25, -0.2) is 13.6 Å². The lowest BCUT2D eigenvalue weighted by Gasteiger charge is -2.13. The summed E-state index contributed by atoms with van der Waals surface area (Å²) in [7, 11) is -3.95. The Morgan fingerprint density at radius 2 is 1.52 bits per heavy atom. The van der Waals surface area contributed by atoms with Gasteiger partial charge in [-0.3, -0.25) is 0 Å². The number of rotatable bonds is 3. The van der Waals surface area contributed by atoms with Crippen LogP contribution in [0.3, 0.4) is 0 Å². The van der Waals surface area contributed by atoms with E-state index in [2.05, 4.69) is 5.32 Å². The van der Waals surface area contributed by atoms with Crippen molar-refractivity contribution in [2.24, 2.45) is 5.14 Å². The van der Waals surface area contributed by atoms with E-state index in [-0.39, 0.29) is 31.3 Å². The summed E-state index contributed by atoms with van der Waals surface area (Å²) < 4.78 is 23.2. The van der Waals surface area contributed by atoms with Crippen molar-refractivity contribution in [3.05, 3.63) is 45.4 Å². The van der Waals surface area contributed by atoms with Gasteiger partial charge in [0.2, 0.25) is 10.0 Å². The molecule has 0 bridgehead atoms. The number of halogens is 3. The highest BCUT2D eigenvalue weighted by molar-refractivity contribution is 7.89. The number of primary sulfonamides is 1. The van der Waals surface area contributed by atoms with E-state index in [4.69, 9.17) is 45.7 Å². The number of nitrogen functional groups attached to an aromatic ring is 1. The first-order valence-electron chi connectivity index (χ1n) is 5.52. The Morgan fingerprint density at radius 3 is 2.14 bits per heavy atom. The fourth-order valence-electron chi connectivity index (χ4n) is 1.64. The Balaban J connectivity index is 2.53. The lowest BCUT2D eigenvalue weighted by molar-refractivity contribution is 0.598. The maximum absolute atomic E-state index is 11.6. The minimum atomic E-state index is -3.95. The molecule has 21 heavy (non-hydrogen) atoms. The first-order chi connectivity index (χ1) is 9.68. The number of hydrogen-bond acceptors (Lipinski definition) is 4. The molecule has 112 valence electrons. The van der Waals surface area contributed by atoms with Gasteiger partial charge in [0.15, 0.2) is 0 Å². The maximum atomic E-state index is 11.6. The third-order valence-electron chi connectivity index (χ3n) is 2.59. The molecule has 0 saturated heterocycles. The van der Waals surface area contributed by atoms with Crippen LogP contribution in [-0.2, 0) is 10.0 Å². The molecule has 0 heterocycles. The Bertz CT molecular complexity index is 810. The van der Waals surface area contributed by atoms with Gasteiger partial charge in [0.25, 0.3) is 0 Å². The van der Waals surface area contributed by atoms with E-state index in [0.717, 1.165) is 0 Å². The highest BCUT2D eigenvalue weighted by Gasteiger charge is 2.16. The molecule has 2 rings (SSSR count). The van der Waals surface area contributed by atoms with Crippen LogP contribution in [0.5, 0.6) is 0 Å². The third kappa shape index (κ3) is 3.72. The Morgan fingerprint density at radius 1 is 0.905 bits per heavy atom. The van der Waals surface area contributed by atoms with E-state index in [1.165, 1.54) is 30.3 Å². The van der Waals surface area contributed by atoms with E-state index in [9.17, 15) is 8.42 Å². The zero-order valence-electron chi connectivity index (χ0n) is 10.4. The molecule has 5 N–H and O–H groups in total. The topological polar surface area (TPSA) is 98.2 Å². The van der Waals surface area contributed by atoms with Crippen LogP contribution in [-0.4, -0.2) is 8.42 Å². The summed E-state index contributed by atoms with van der Waals surface area (Å²) in [4.78, 5) is -0.148. The van der Waals surface area contributed by atoms with Crippen molar-refractivity contribution < 1.29 is 8.42 Å². The standard InChI is InChI=1S/C12H10Cl3N3O2S/c13-7-4-9(15)11(5-8(7)14)18-10-2-1-6(16)3-12(10)21(17,19)20/h1-5,18H,16H2,(H2,17,19,20). The lowest BCUT2D eigenvalue weighted by atomic mass is 10.2. The molecule has 0 unspecified atom stereocenters. The summed E-state index contributed by atoms with van der Waals surface area (Å²) in [5.41, 5.74) is 6.47. The van der Waals surface area contributed by atoms with Crippen molar-refractivity contribution in [1.29, 1.82) is 0 Å². The molecule has 0 saturated carbocycles. The summed E-state index contributed by atoms with van der Waals surface area (Å²) in [5, 5.41) is 8.86. The number of hydrogen-bond donors (Lipinski definition) is 3. The van der Waals surface area contributed by atoms with E-state index >= 15 is 0 Å². The van der Waals surface area contributed by atoms with Crippen molar-refractivity contribution in [2.45, 2.75) is 4.90 Å².